The molecule has 1 aromatic rings. The lowest BCUT2D eigenvalue weighted by Gasteiger charge is -2.28. The van der Waals surface area contributed by atoms with E-state index in [2.05, 4.69) is 16.0 Å². The summed E-state index contributed by atoms with van der Waals surface area (Å²) in [4.78, 5) is 23.9. The van der Waals surface area contributed by atoms with Gasteiger partial charge in [0.05, 0.1) is 0 Å². The molecule has 2 aliphatic heterocycles. The Hall–Kier alpha value is -1.88. The summed E-state index contributed by atoms with van der Waals surface area (Å²) in [6.07, 6.45) is 5.32. The first-order valence-electron chi connectivity index (χ1n) is 8.58. The number of amides is 2. The second kappa shape index (κ2) is 7.13. The van der Waals surface area contributed by atoms with E-state index in [0.717, 1.165) is 18.5 Å². The lowest BCUT2D eigenvalue weighted by Crippen LogP contribution is -2.39. The highest BCUT2D eigenvalue weighted by atomic mass is 16.2. The summed E-state index contributed by atoms with van der Waals surface area (Å²) >= 11 is 0. The van der Waals surface area contributed by atoms with Gasteiger partial charge >= 0.3 is 0 Å². The molecule has 2 heterocycles. The van der Waals surface area contributed by atoms with Crippen molar-refractivity contribution >= 4 is 17.5 Å². The fourth-order valence-corrected chi connectivity index (χ4v) is 3.78. The van der Waals surface area contributed by atoms with Gasteiger partial charge in [0.25, 0.3) is 5.91 Å². The highest BCUT2D eigenvalue weighted by Crippen LogP contribution is 2.32. The molecule has 2 bridgehead atoms. The maximum atomic E-state index is 12.2. The van der Waals surface area contributed by atoms with Crippen LogP contribution in [-0.2, 0) is 4.79 Å². The number of hydrogen-bond acceptors (Lipinski definition) is 3. The van der Waals surface area contributed by atoms with Gasteiger partial charge in [-0.15, -0.1) is 0 Å². The second-order valence-electron chi connectivity index (χ2n) is 6.66. The Balaban J connectivity index is 1.50. The first-order valence-corrected chi connectivity index (χ1v) is 8.58. The Labute approximate surface area is 137 Å². The molecule has 0 aromatic heterocycles. The molecule has 0 aliphatic carbocycles. The van der Waals surface area contributed by atoms with Crippen molar-refractivity contribution < 1.29 is 9.59 Å². The molecule has 5 nitrogen and oxygen atoms in total. The van der Waals surface area contributed by atoms with Crippen molar-refractivity contribution in [2.24, 2.45) is 5.92 Å². The molecule has 23 heavy (non-hydrogen) atoms. The van der Waals surface area contributed by atoms with Gasteiger partial charge in [0.2, 0.25) is 5.91 Å². The minimum Gasteiger partial charge on any atom is -0.352 e. The molecule has 2 amide bonds. The quantitative estimate of drug-likeness (QED) is 0.781. The van der Waals surface area contributed by atoms with Crippen molar-refractivity contribution in [3.63, 3.8) is 0 Å². The smallest absolute Gasteiger partial charge is 0.251 e. The molecule has 2 aliphatic rings. The molecular weight excluding hydrogens is 290 g/mol. The van der Waals surface area contributed by atoms with Crippen LogP contribution < -0.4 is 16.0 Å². The van der Waals surface area contributed by atoms with Crippen LogP contribution in [0.25, 0.3) is 0 Å². The van der Waals surface area contributed by atoms with Crippen LogP contribution in [0.15, 0.2) is 24.3 Å². The van der Waals surface area contributed by atoms with E-state index in [1.165, 1.54) is 12.8 Å². The van der Waals surface area contributed by atoms with E-state index in [4.69, 9.17) is 0 Å². The third-order valence-corrected chi connectivity index (χ3v) is 4.81. The molecule has 2 atom stereocenters. The van der Waals surface area contributed by atoms with Crippen molar-refractivity contribution in [1.29, 1.82) is 0 Å². The van der Waals surface area contributed by atoms with Gasteiger partial charge < -0.3 is 16.0 Å². The van der Waals surface area contributed by atoms with Crippen molar-refractivity contribution in [1.82, 2.24) is 10.6 Å². The molecule has 5 heteroatoms. The molecule has 3 N–H and O–H groups in total. The van der Waals surface area contributed by atoms with Gasteiger partial charge in [-0.1, -0.05) is 0 Å². The van der Waals surface area contributed by atoms with Crippen LogP contribution in [0.1, 0.15) is 49.4 Å². The normalized spacial score (nSPS) is 25.9. The SMILES string of the molecule is CCNC(=O)c1ccc(NC(=O)CC2CC3CCC(C2)N3)cc1. The van der Waals surface area contributed by atoms with Gasteiger partial charge in [-0.05, 0) is 62.8 Å². The van der Waals surface area contributed by atoms with Gasteiger partial charge in [-0.3, -0.25) is 9.59 Å². The van der Waals surface area contributed by atoms with Gasteiger partial charge in [0, 0.05) is 36.3 Å². The van der Waals surface area contributed by atoms with Crippen LogP contribution in [0, 0.1) is 5.92 Å². The number of benzene rings is 1. The van der Waals surface area contributed by atoms with Crippen molar-refractivity contribution in [2.75, 3.05) is 11.9 Å². The van der Waals surface area contributed by atoms with E-state index in [0.29, 0.717) is 36.5 Å². The van der Waals surface area contributed by atoms with Crippen LogP contribution >= 0.6 is 0 Å². The highest BCUT2D eigenvalue weighted by Gasteiger charge is 2.34. The Kier molecular flexibility index (Phi) is 4.96. The Bertz CT molecular complexity index is 558. The van der Waals surface area contributed by atoms with E-state index in [1.807, 2.05) is 6.92 Å². The minimum atomic E-state index is -0.0874. The van der Waals surface area contributed by atoms with Crippen molar-refractivity contribution in [3.8, 4) is 0 Å². The fourth-order valence-electron chi connectivity index (χ4n) is 3.78. The number of nitrogens with one attached hydrogen (secondary N) is 3. The van der Waals surface area contributed by atoms with Gasteiger partial charge in [0.15, 0.2) is 0 Å². The van der Waals surface area contributed by atoms with E-state index >= 15 is 0 Å². The monoisotopic (exact) mass is 315 g/mol. The maximum Gasteiger partial charge on any atom is 0.251 e. The first kappa shape index (κ1) is 16.0. The summed E-state index contributed by atoms with van der Waals surface area (Å²) in [5.41, 5.74) is 1.36. The summed E-state index contributed by atoms with van der Waals surface area (Å²) in [6, 6.07) is 8.28. The second-order valence-corrected chi connectivity index (χ2v) is 6.66. The highest BCUT2D eigenvalue weighted by molar-refractivity contribution is 5.95. The van der Waals surface area contributed by atoms with Gasteiger partial charge in [0.1, 0.15) is 0 Å². The number of carbonyl (C=O) groups is 2. The molecule has 3 rings (SSSR count). The summed E-state index contributed by atoms with van der Waals surface area (Å²) < 4.78 is 0. The van der Waals surface area contributed by atoms with Gasteiger partial charge in [-0.25, -0.2) is 0 Å². The fraction of sp³-hybridized carbons (Fsp3) is 0.556. The number of hydrogen-bond donors (Lipinski definition) is 3. The van der Waals surface area contributed by atoms with Crippen molar-refractivity contribution in [3.05, 3.63) is 29.8 Å². The zero-order valence-corrected chi connectivity index (χ0v) is 13.6. The average molecular weight is 315 g/mol. The summed E-state index contributed by atoms with van der Waals surface area (Å²) in [6.45, 7) is 2.50. The van der Waals surface area contributed by atoms with Crippen LogP contribution in [0.3, 0.4) is 0 Å². The van der Waals surface area contributed by atoms with E-state index in [1.54, 1.807) is 24.3 Å². The maximum absolute atomic E-state index is 12.2. The lowest BCUT2D eigenvalue weighted by molar-refractivity contribution is -0.117. The van der Waals surface area contributed by atoms with Crippen molar-refractivity contribution in [2.45, 2.75) is 51.1 Å². The molecule has 1 aromatic carbocycles. The van der Waals surface area contributed by atoms with E-state index in [-0.39, 0.29) is 11.8 Å². The molecule has 2 unspecified atom stereocenters. The third-order valence-electron chi connectivity index (χ3n) is 4.81. The number of piperidine rings is 1. The lowest BCUT2D eigenvalue weighted by atomic mass is 9.89. The van der Waals surface area contributed by atoms with E-state index < -0.39 is 0 Å². The zero-order chi connectivity index (χ0) is 16.2. The zero-order valence-electron chi connectivity index (χ0n) is 13.6. The minimum absolute atomic E-state index is 0.0714. The molecule has 0 spiro atoms. The molecule has 2 fully saturated rings. The number of fused-ring (bicyclic) bond motifs is 2. The van der Waals surface area contributed by atoms with Gasteiger partial charge in [-0.2, -0.15) is 0 Å². The predicted molar refractivity (Wildman–Crippen MR) is 90.4 cm³/mol. The molecular formula is C18H25N3O2. The number of carbonyl (C=O) groups excluding carboxylic acids is 2. The Morgan fingerprint density at radius 1 is 1.13 bits per heavy atom. The topological polar surface area (TPSA) is 70.2 Å². The summed E-state index contributed by atoms with van der Waals surface area (Å²) in [7, 11) is 0. The van der Waals surface area contributed by atoms with E-state index in [9.17, 15) is 9.59 Å². The molecule has 2 saturated heterocycles. The van der Waals surface area contributed by atoms with Crippen LogP contribution in [0.4, 0.5) is 5.69 Å². The Morgan fingerprint density at radius 3 is 2.39 bits per heavy atom. The molecule has 0 radical (unpaired) electrons. The van der Waals surface area contributed by atoms with Crippen LogP contribution in [-0.4, -0.2) is 30.4 Å². The largest absolute Gasteiger partial charge is 0.352 e. The van der Waals surface area contributed by atoms with Crippen LogP contribution in [0.2, 0.25) is 0 Å². The number of anilines is 1. The third kappa shape index (κ3) is 4.10. The summed E-state index contributed by atoms with van der Waals surface area (Å²) in [5.74, 6) is 0.473. The first-order chi connectivity index (χ1) is 11.1. The average Bonchev–Trinajstić information content (AvgIpc) is 2.87. The predicted octanol–water partition coefficient (Wildman–Crippen LogP) is 2.30. The molecule has 0 saturated carbocycles. The van der Waals surface area contributed by atoms with Crippen LogP contribution in [0.5, 0.6) is 0 Å². The summed E-state index contributed by atoms with van der Waals surface area (Å²) in [5, 5.41) is 9.31. The molecule has 124 valence electrons. The number of rotatable bonds is 5. The Morgan fingerprint density at radius 2 is 1.78 bits per heavy atom. The standard InChI is InChI=1S/C18H25N3O2/c1-2-19-18(23)13-3-5-14(6-4-13)21-17(22)11-12-9-15-7-8-16(10-12)20-15/h3-6,12,15-16,20H,2,7-11H2,1H3,(H,19,23)(H,21,22).